The molecule has 0 fully saturated rings. The summed E-state index contributed by atoms with van der Waals surface area (Å²) in [5.41, 5.74) is 3.11. The zero-order chi connectivity index (χ0) is 10.7. The van der Waals surface area contributed by atoms with E-state index in [-0.39, 0.29) is 0 Å². The van der Waals surface area contributed by atoms with Crippen LogP contribution < -0.4 is 0 Å². The molecule has 15 heavy (non-hydrogen) atoms. The summed E-state index contributed by atoms with van der Waals surface area (Å²) in [5.74, 6) is 0.362. The molecule has 0 spiro atoms. The number of hydrogen-bond acceptors (Lipinski definition) is 1. The molecule has 0 aliphatic rings. The normalized spacial score (nSPS) is 10.1. The Bertz CT molecular complexity index is 451. The van der Waals surface area contributed by atoms with Gasteiger partial charge in [-0.1, -0.05) is 54.3 Å². The third-order valence-electron chi connectivity index (χ3n) is 2.56. The van der Waals surface area contributed by atoms with Gasteiger partial charge in [-0.05, 0) is 11.6 Å². The third-order valence-corrected chi connectivity index (χ3v) is 2.56. The highest BCUT2D eigenvalue weighted by molar-refractivity contribution is 6.08. The van der Waals surface area contributed by atoms with Gasteiger partial charge in [0.15, 0.2) is 0 Å². The van der Waals surface area contributed by atoms with Crippen LogP contribution >= 0.6 is 0 Å². The minimum Gasteiger partial charge on any atom is -0.507 e. The molecule has 0 heterocycles. The molecule has 0 aliphatic carbocycles. The van der Waals surface area contributed by atoms with E-state index in [4.69, 9.17) is 0 Å². The van der Waals surface area contributed by atoms with Gasteiger partial charge < -0.3 is 5.11 Å². The molecule has 0 saturated heterocycles. The van der Waals surface area contributed by atoms with Crippen molar-refractivity contribution < 1.29 is 5.11 Å². The van der Waals surface area contributed by atoms with E-state index in [2.05, 4.69) is 13.9 Å². The Labute approximate surface area is 90.8 Å². The molecule has 0 bridgehead atoms. The topological polar surface area (TPSA) is 20.2 Å². The second-order valence-electron chi connectivity index (χ2n) is 3.57. The van der Waals surface area contributed by atoms with E-state index in [9.17, 15) is 5.11 Å². The van der Waals surface area contributed by atoms with E-state index >= 15 is 0 Å². The fraction of sp³-hybridized carbons (Fsp3) is 0.0769. The monoisotopic (exact) mass is 196 g/mol. The summed E-state index contributed by atoms with van der Waals surface area (Å²) in [5, 5.41) is 9.88. The van der Waals surface area contributed by atoms with Gasteiger partial charge >= 0.3 is 0 Å². The van der Waals surface area contributed by atoms with Crippen molar-refractivity contribution in [2.75, 3.05) is 0 Å². The fourth-order valence-electron chi connectivity index (χ4n) is 1.66. The highest BCUT2D eigenvalue weighted by atomic mass is 16.3. The first-order valence-electron chi connectivity index (χ1n) is 5.18. The van der Waals surface area contributed by atoms with Crippen molar-refractivity contribution in [3.8, 4) is 16.9 Å². The summed E-state index contributed by atoms with van der Waals surface area (Å²) in [6.07, 6.45) is 0.947. The van der Waals surface area contributed by atoms with Crippen molar-refractivity contribution >= 4 is 7.85 Å². The Morgan fingerprint density at radius 2 is 1.73 bits per heavy atom. The predicted octanol–water partition coefficient (Wildman–Crippen LogP) is 2.19. The summed E-state index contributed by atoms with van der Waals surface area (Å²) < 4.78 is 0. The first kappa shape index (κ1) is 9.84. The minimum atomic E-state index is 0.362. The van der Waals surface area contributed by atoms with Crippen LogP contribution in [0.4, 0.5) is 0 Å². The van der Waals surface area contributed by atoms with Crippen LogP contribution in [-0.4, -0.2) is 13.0 Å². The van der Waals surface area contributed by atoms with Gasteiger partial charge in [-0.3, -0.25) is 0 Å². The molecule has 0 aliphatic heterocycles. The van der Waals surface area contributed by atoms with E-state index in [1.807, 2.05) is 42.5 Å². The van der Waals surface area contributed by atoms with Crippen molar-refractivity contribution in [1.29, 1.82) is 0 Å². The van der Waals surface area contributed by atoms with Gasteiger partial charge in [-0.25, -0.2) is 0 Å². The summed E-state index contributed by atoms with van der Waals surface area (Å²) in [4.78, 5) is 0. The smallest absolute Gasteiger partial charge is 0.123 e. The van der Waals surface area contributed by atoms with Crippen LogP contribution in [0.2, 0.25) is 0 Å². The first-order valence-corrected chi connectivity index (χ1v) is 5.18. The van der Waals surface area contributed by atoms with Crippen molar-refractivity contribution in [2.45, 2.75) is 6.32 Å². The average Bonchev–Trinajstić information content (AvgIpc) is 2.30. The van der Waals surface area contributed by atoms with Crippen molar-refractivity contribution in [1.82, 2.24) is 0 Å². The molecule has 0 radical (unpaired) electrons. The summed E-state index contributed by atoms with van der Waals surface area (Å²) in [6.45, 7) is 0. The van der Waals surface area contributed by atoms with E-state index in [1.54, 1.807) is 0 Å². The van der Waals surface area contributed by atoms with E-state index in [1.165, 1.54) is 0 Å². The number of aromatic hydroxyl groups is 1. The average molecular weight is 196 g/mol. The maximum Gasteiger partial charge on any atom is 0.123 e. The van der Waals surface area contributed by atoms with Gasteiger partial charge in [-0.2, -0.15) is 0 Å². The lowest BCUT2D eigenvalue weighted by molar-refractivity contribution is 0.477. The van der Waals surface area contributed by atoms with Crippen LogP contribution in [-0.2, 0) is 6.32 Å². The number of benzene rings is 2. The lowest BCUT2D eigenvalue weighted by Crippen LogP contribution is -1.85. The zero-order valence-electron chi connectivity index (χ0n) is 8.77. The van der Waals surface area contributed by atoms with Crippen LogP contribution in [0.15, 0.2) is 48.5 Å². The summed E-state index contributed by atoms with van der Waals surface area (Å²) in [6, 6.07) is 15.8. The summed E-state index contributed by atoms with van der Waals surface area (Å²) in [7, 11) is 2.08. The maximum absolute atomic E-state index is 9.88. The Kier molecular flexibility index (Phi) is 2.77. The Hall–Kier alpha value is -1.70. The van der Waals surface area contributed by atoms with Gasteiger partial charge in [0.05, 0.1) is 0 Å². The molecule has 0 unspecified atom stereocenters. The standard InChI is InChI=1S/C13H13BO/c14-9-10-6-7-12(13(15)8-10)11-4-2-1-3-5-11/h1-8,15H,9,14H2. The third kappa shape index (κ3) is 2.04. The largest absolute Gasteiger partial charge is 0.507 e. The Morgan fingerprint density at radius 3 is 2.33 bits per heavy atom. The second kappa shape index (κ2) is 4.22. The molecule has 1 nitrogen and oxygen atoms in total. The zero-order valence-corrected chi connectivity index (χ0v) is 8.77. The van der Waals surface area contributed by atoms with Gasteiger partial charge in [0.25, 0.3) is 0 Å². The lowest BCUT2D eigenvalue weighted by atomic mass is 9.94. The SMILES string of the molecule is BCc1ccc(-c2ccccc2)c(O)c1. The number of rotatable bonds is 2. The van der Waals surface area contributed by atoms with Crippen molar-refractivity contribution in [3.05, 3.63) is 54.1 Å². The van der Waals surface area contributed by atoms with Gasteiger partial charge in [-0.15, -0.1) is 0 Å². The molecular weight excluding hydrogens is 183 g/mol. The van der Waals surface area contributed by atoms with Crippen LogP contribution in [0, 0.1) is 0 Å². The molecule has 0 saturated carbocycles. The van der Waals surface area contributed by atoms with Crippen molar-refractivity contribution in [2.24, 2.45) is 0 Å². The van der Waals surface area contributed by atoms with Crippen LogP contribution in [0.25, 0.3) is 11.1 Å². The van der Waals surface area contributed by atoms with Gasteiger partial charge in [0.2, 0.25) is 0 Å². The Morgan fingerprint density at radius 1 is 1.00 bits per heavy atom. The van der Waals surface area contributed by atoms with E-state index < -0.39 is 0 Å². The maximum atomic E-state index is 9.88. The number of phenolic OH excluding ortho intramolecular Hbond substituents is 1. The van der Waals surface area contributed by atoms with Crippen molar-refractivity contribution in [3.63, 3.8) is 0 Å². The van der Waals surface area contributed by atoms with Gasteiger partial charge in [0.1, 0.15) is 13.6 Å². The first-order chi connectivity index (χ1) is 7.31. The van der Waals surface area contributed by atoms with Gasteiger partial charge in [0, 0.05) is 5.56 Å². The molecule has 74 valence electrons. The number of hydrogen-bond donors (Lipinski definition) is 1. The molecule has 0 atom stereocenters. The Balaban J connectivity index is 2.46. The predicted molar refractivity (Wildman–Crippen MR) is 65.8 cm³/mol. The molecule has 2 aromatic carbocycles. The van der Waals surface area contributed by atoms with Crippen LogP contribution in [0.3, 0.4) is 0 Å². The molecule has 0 aromatic heterocycles. The molecule has 2 heteroatoms. The lowest BCUT2D eigenvalue weighted by Gasteiger charge is -2.06. The highest BCUT2D eigenvalue weighted by Crippen LogP contribution is 2.29. The molecule has 2 aromatic rings. The number of phenols is 1. The van der Waals surface area contributed by atoms with E-state index in [0.29, 0.717) is 5.75 Å². The van der Waals surface area contributed by atoms with E-state index in [0.717, 1.165) is 23.0 Å². The van der Waals surface area contributed by atoms with Crippen LogP contribution in [0.1, 0.15) is 5.56 Å². The second-order valence-corrected chi connectivity index (χ2v) is 3.57. The molecule has 2 rings (SSSR count). The minimum absolute atomic E-state index is 0.362. The quantitative estimate of drug-likeness (QED) is 0.730. The molecule has 1 N–H and O–H groups in total. The molecular formula is C13H13BO. The summed E-state index contributed by atoms with van der Waals surface area (Å²) >= 11 is 0. The molecule has 0 amide bonds. The highest BCUT2D eigenvalue weighted by Gasteiger charge is 2.03. The fourth-order valence-corrected chi connectivity index (χ4v) is 1.66. The van der Waals surface area contributed by atoms with Crippen LogP contribution in [0.5, 0.6) is 5.75 Å².